The van der Waals surface area contributed by atoms with Crippen LogP contribution in [-0.4, -0.2) is 73.2 Å². The third-order valence-corrected chi connectivity index (χ3v) is 7.01. The third-order valence-electron chi connectivity index (χ3n) is 7.01. The van der Waals surface area contributed by atoms with Crippen molar-refractivity contribution in [3.63, 3.8) is 0 Å². The molecule has 0 aliphatic carbocycles. The normalized spacial score (nSPS) is 13.6. The maximum Gasteiger partial charge on any atom is 0.410 e. The number of nitrogens with one attached hydrogen (secondary N) is 1. The van der Waals surface area contributed by atoms with Crippen LogP contribution in [-0.2, 0) is 4.74 Å². The molecular weight excluding hydrogens is 563 g/mol. The molecule has 0 atom stereocenters. The van der Waals surface area contributed by atoms with E-state index in [1.165, 1.54) is 18.3 Å². The van der Waals surface area contributed by atoms with Gasteiger partial charge in [0.05, 0.1) is 11.3 Å². The summed E-state index contributed by atoms with van der Waals surface area (Å²) >= 11 is 0. The molecular formula is C32H31FN8O3. The minimum atomic E-state index is -0.560. The number of ether oxygens (including phenoxy) is 1. The van der Waals surface area contributed by atoms with Gasteiger partial charge in [0.2, 0.25) is 0 Å². The second kappa shape index (κ2) is 11.7. The maximum atomic E-state index is 13.8. The average molecular weight is 595 g/mol. The molecule has 2 amide bonds. The molecule has 0 unspecified atom stereocenters. The Balaban J connectivity index is 1.34. The number of rotatable bonds is 5. The number of hydrogen-bond donors (Lipinski definition) is 1. The molecule has 1 saturated heterocycles. The summed E-state index contributed by atoms with van der Waals surface area (Å²) in [4.78, 5) is 47.4. The van der Waals surface area contributed by atoms with Gasteiger partial charge >= 0.3 is 6.09 Å². The first-order chi connectivity index (χ1) is 21.1. The molecule has 1 aromatic carbocycles. The van der Waals surface area contributed by atoms with Gasteiger partial charge in [-0.2, -0.15) is 0 Å². The molecule has 12 heteroatoms. The van der Waals surface area contributed by atoms with Gasteiger partial charge in [0, 0.05) is 56.4 Å². The van der Waals surface area contributed by atoms with E-state index in [0.717, 1.165) is 5.82 Å². The number of imidazole rings is 1. The van der Waals surface area contributed by atoms with Crippen LogP contribution >= 0.6 is 0 Å². The minimum absolute atomic E-state index is 0.327. The molecule has 5 aromatic rings. The van der Waals surface area contributed by atoms with E-state index in [0.29, 0.717) is 65.8 Å². The van der Waals surface area contributed by atoms with Crippen molar-refractivity contribution < 1.29 is 18.7 Å². The van der Waals surface area contributed by atoms with E-state index in [4.69, 9.17) is 14.7 Å². The Bertz CT molecular complexity index is 1810. The van der Waals surface area contributed by atoms with Gasteiger partial charge in [-0.15, -0.1) is 0 Å². The molecule has 11 nitrogen and oxygen atoms in total. The fourth-order valence-electron chi connectivity index (χ4n) is 4.92. The lowest BCUT2D eigenvalue weighted by molar-refractivity contribution is 0.0240. The van der Waals surface area contributed by atoms with Crippen LogP contribution in [0.4, 0.5) is 20.8 Å². The van der Waals surface area contributed by atoms with Crippen LogP contribution in [0.2, 0.25) is 0 Å². The molecule has 5 heterocycles. The summed E-state index contributed by atoms with van der Waals surface area (Å²) in [6, 6.07) is 16.8. The zero-order chi connectivity index (χ0) is 30.8. The van der Waals surface area contributed by atoms with Crippen LogP contribution in [0, 0.1) is 5.82 Å². The third kappa shape index (κ3) is 6.19. The predicted molar refractivity (Wildman–Crippen MR) is 164 cm³/mol. The fourth-order valence-corrected chi connectivity index (χ4v) is 4.92. The molecule has 1 N–H and O–H groups in total. The molecule has 6 rings (SSSR count). The first-order valence-corrected chi connectivity index (χ1v) is 14.2. The Kier molecular flexibility index (Phi) is 7.64. The number of piperazine rings is 1. The zero-order valence-electron chi connectivity index (χ0n) is 24.6. The van der Waals surface area contributed by atoms with Crippen molar-refractivity contribution in [2.75, 3.05) is 36.4 Å². The van der Waals surface area contributed by atoms with Gasteiger partial charge in [-0.1, -0.05) is 0 Å². The molecule has 1 aliphatic rings. The Morgan fingerprint density at radius 2 is 1.70 bits per heavy atom. The summed E-state index contributed by atoms with van der Waals surface area (Å²) in [5.41, 5.74) is 2.40. The van der Waals surface area contributed by atoms with E-state index < -0.39 is 5.60 Å². The lowest BCUT2D eigenvalue weighted by Crippen LogP contribution is -2.50. The van der Waals surface area contributed by atoms with Gasteiger partial charge in [-0.3, -0.25) is 14.3 Å². The van der Waals surface area contributed by atoms with Gasteiger partial charge in [-0.05, 0) is 75.4 Å². The van der Waals surface area contributed by atoms with Gasteiger partial charge < -0.3 is 19.9 Å². The lowest BCUT2D eigenvalue weighted by Gasteiger charge is -2.36. The number of pyridine rings is 3. The van der Waals surface area contributed by atoms with Crippen molar-refractivity contribution >= 4 is 34.8 Å². The zero-order valence-corrected chi connectivity index (χ0v) is 24.6. The van der Waals surface area contributed by atoms with Crippen molar-refractivity contribution in [1.82, 2.24) is 29.4 Å². The van der Waals surface area contributed by atoms with Gasteiger partial charge in [0.1, 0.15) is 34.4 Å². The Hall–Kier alpha value is -5.39. The number of halogens is 1. The van der Waals surface area contributed by atoms with Crippen LogP contribution < -0.4 is 10.2 Å². The van der Waals surface area contributed by atoms with Crippen molar-refractivity contribution in [1.29, 1.82) is 0 Å². The number of amides is 2. The topological polar surface area (TPSA) is 118 Å². The number of fused-ring (bicyclic) bond motifs is 1. The minimum Gasteiger partial charge on any atom is -0.444 e. The lowest BCUT2D eigenvalue weighted by atomic mass is 10.2. The van der Waals surface area contributed by atoms with E-state index in [-0.39, 0.29) is 17.8 Å². The second-order valence-corrected chi connectivity index (χ2v) is 11.3. The molecule has 4 aromatic heterocycles. The Morgan fingerprint density at radius 3 is 2.41 bits per heavy atom. The van der Waals surface area contributed by atoms with E-state index >= 15 is 0 Å². The first-order valence-electron chi connectivity index (χ1n) is 14.2. The van der Waals surface area contributed by atoms with Crippen LogP contribution in [0.25, 0.3) is 28.2 Å². The van der Waals surface area contributed by atoms with Crippen molar-refractivity contribution in [3.8, 4) is 17.1 Å². The summed E-state index contributed by atoms with van der Waals surface area (Å²) in [7, 11) is 0. The predicted octanol–water partition coefficient (Wildman–Crippen LogP) is 5.33. The summed E-state index contributed by atoms with van der Waals surface area (Å²) in [6.07, 6.45) is 4.34. The standard InChI is InChI=1S/C32H31FN8O3/c1-32(2,3)44-31(43)40-17-15-39(16-18-40)27-11-10-25-29(38-27)41(28(36-25)21-6-8-23(33)9-7-21)24-12-14-35-26(19-24)37-30(42)22-5-4-13-34-20-22/h4-14,19-20H,15-18H2,1-3H3,(H,35,37,42). The van der Waals surface area contributed by atoms with Crippen molar-refractivity contribution in [3.05, 3.63) is 90.6 Å². The number of carbonyl (C=O) groups excluding carboxylic acids is 2. The highest BCUT2D eigenvalue weighted by molar-refractivity contribution is 6.03. The fraction of sp³-hybridized carbons (Fsp3) is 0.250. The number of benzene rings is 1. The Labute approximate surface area is 253 Å². The van der Waals surface area contributed by atoms with Crippen molar-refractivity contribution in [2.45, 2.75) is 26.4 Å². The quantitative estimate of drug-likeness (QED) is 0.290. The second-order valence-electron chi connectivity index (χ2n) is 11.3. The smallest absolute Gasteiger partial charge is 0.410 e. The Morgan fingerprint density at radius 1 is 0.932 bits per heavy atom. The molecule has 0 radical (unpaired) electrons. The van der Waals surface area contributed by atoms with E-state index in [2.05, 4.69) is 20.2 Å². The number of hydrogen-bond acceptors (Lipinski definition) is 8. The van der Waals surface area contributed by atoms with Crippen LogP contribution in [0.15, 0.2) is 79.3 Å². The van der Waals surface area contributed by atoms with Gasteiger partial charge in [-0.25, -0.2) is 24.1 Å². The molecule has 1 fully saturated rings. The summed E-state index contributed by atoms with van der Waals surface area (Å²) in [6.45, 7) is 7.71. The largest absolute Gasteiger partial charge is 0.444 e. The number of aromatic nitrogens is 5. The van der Waals surface area contributed by atoms with Crippen LogP contribution in [0.5, 0.6) is 0 Å². The first kappa shape index (κ1) is 28.7. The van der Waals surface area contributed by atoms with Gasteiger partial charge in [0.25, 0.3) is 5.91 Å². The summed E-state index contributed by atoms with van der Waals surface area (Å²) < 4.78 is 21.2. The molecule has 224 valence electrons. The number of anilines is 2. The highest BCUT2D eigenvalue weighted by atomic mass is 19.1. The molecule has 1 aliphatic heterocycles. The summed E-state index contributed by atoms with van der Waals surface area (Å²) in [5, 5.41) is 2.82. The molecule has 44 heavy (non-hydrogen) atoms. The average Bonchev–Trinajstić information content (AvgIpc) is 3.40. The molecule has 0 spiro atoms. The maximum absolute atomic E-state index is 13.8. The molecule has 0 saturated carbocycles. The highest BCUT2D eigenvalue weighted by Crippen LogP contribution is 2.30. The van der Waals surface area contributed by atoms with Crippen molar-refractivity contribution in [2.24, 2.45) is 0 Å². The number of carbonyl (C=O) groups is 2. The van der Waals surface area contributed by atoms with Crippen LogP contribution in [0.3, 0.4) is 0 Å². The number of nitrogens with zero attached hydrogens (tertiary/aromatic N) is 7. The van der Waals surface area contributed by atoms with Crippen LogP contribution in [0.1, 0.15) is 31.1 Å². The van der Waals surface area contributed by atoms with E-state index in [1.54, 1.807) is 53.7 Å². The molecule has 0 bridgehead atoms. The van der Waals surface area contributed by atoms with E-state index in [9.17, 15) is 14.0 Å². The monoisotopic (exact) mass is 594 g/mol. The van der Waals surface area contributed by atoms with E-state index in [1.807, 2.05) is 37.5 Å². The van der Waals surface area contributed by atoms with Gasteiger partial charge in [0.15, 0.2) is 5.65 Å². The SMILES string of the molecule is CC(C)(C)OC(=O)N1CCN(c2ccc3nc(-c4ccc(F)cc4)n(-c4ccnc(NC(=O)c5cccnc5)c4)c3n2)CC1. The highest BCUT2D eigenvalue weighted by Gasteiger charge is 2.27. The summed E-state index contributed by atoms with van der Waals surface area (Å²) in [5.74, 6) is 0.912.